The Morgan fingerprint density at radius 2 is 1.65 bits per heavy atom. The lowest BCUT2D eigenvalue weighted by Crippen LogP contribution is -2.05. The highest BCUT2D eigenvalue weighted by atomic mass is 32.2. The number of hydrogen-bond acceptors (Lipinski definition) is 3. The average Bonchev–Trinajstić information content (AvgIpc) is 2.37. The van der Waals surface area contributed by atoms with Crippen LogP contribution in [0.15, 0.2) is 53.4 Å². The van der Waals surface area contributed by atoms with Crippen LogP contribution < -0.4 is 5.32 Å². The average molecular weight is 289 g/mol. The van der Waals surface area contributed by atoms with Gasteiger partial charge in [0.15, 0.2) is 9.84 Å². The van der Waals surface area contributed by atoms with Crippen LogP contribution in [0.25, 0.3) is 11.1 Å². The molecule has 2 aromatic rings. The zero-order valence-corrected chi connectivity index (χ0v) is 12.1. The van der Waals surface area contributed by atoms with Crippen molar-refractivity contribution in [2.75, 3.05) is 11.6 Å². The molecular weight excluding hydrogens is 274 g/mol. The Bertz CT molecular complexity index is 734. The predicted octanol–water partition coefficient (Wildman–Crippen LogP) is 2.72. The van der Waals surface area contributed by atoms with E-state index in [1.54, 1.807) is 30.3 Å². The second kappa shape index (κ2) is 5.46. The fourth-order valence-corrected chi connectivity index (χ4v) is 2.50. The third kappa shape index (κ3) is 3.45. The smallest absolute Gasteiger partial charge is 0.221 e. The Balaban J connectivity index is 2.34. The molecule has 0 saturated carbocycles. The molecule has 1 N–H and O–H groups in total. The van der Waals surface area contributed by atoms with Crippen LogP contribution in [0.2, 0.25) is 0 Å². The first kappa shape index (κ1) is 14.3. The first-order chi connectivity index (χ1) is 9.36. The van der Waals surface area contributed by atoms with E-state index >= 15 is 0 Å². The minimum atomic E-state index is -3.18. The molecule has 0 radical (unpaired) electrons. The lowest BCUT2D eigenvalue weighted by atomic mass is 10.1. The Morgan fingerprint density at radius 3 is 2.20 bits per heavy atom. The van der Waals surface area contributed by atoms with E-state index in [2.05, 4.69) is 5.32 Å². The number of benzene rings is 2. The number of anilines is 1. The highest BCUT2D eigenvalue weighted by Crippen LogP contribution is 2.24. The van der Waals surface area contributed by atoms with Gasteiger partial charge in [0, 0.05) is 18.9 Å². The zero-order valence-electron chi connectivity index (χ0n) is 11.3. The number of hydrogen-bond donors (Lipinski definition) is 1. The van der Waals surface area contributed by atoms with Gasteiger partial charge >= 0.3 is 0 Å². The molecular formula is C15H15NO3S. The van der Waals surface area contributed by atoms with Gasteiger partial charge in [0.05, 0.1) is 4.90 Å². The summed E-state index contributed by atoms with van der Waals surface area (Å²) >= 11 is 0. The molecule has 20 heavy (non-hydrogen) atoms. The molecule has 0 fully saturated rings. The van der Waals surface area contributed by atoms with E-state index in [-0.39, 0.29) is 5.91 Å². The highest BCUT2D eigenvalue weighted by molar-refractivity contribution is 7.90. The number of nitrogens with one attached hydrogen (secondary N) is 1. The van der Waals surface area contributed by atoms with E-state index < -0.39 is 9.84 Å². The summed E-state index contributed by atoms with van der Waals surface area (Å²) in [4.78, 5) is 11.3. The normalized spacial score (nSPS) is 11.1. The number of carbonyl (C=O) groups excluding carboxylic acids is 1. The van der Waals surface area contributed by atoms with Crippen LogP contribution in [0.4, 0.5) is 5.69 Å². The van der Waals surface area contributed by atoms with Crippen molar-refractivity contribution in [3.63, 3.8) is 0 Å². The Morgan fingerprint density at radius 1 is 1.00 bits per heavy atom. The molecule has 0 aliphatic heterocycles. The molecule has 0 heterocycles. The molecule has 0 aliphatic carbocycles. The molecule has 4 nitrogen and oxygen atoms in total. The van der Waals surface area contributed by atoms with Crippen molar-refractivity contribution in [3.05, 3.63) is 48.5 Å². The van der Waals surface area contributed by atoms with E-state index in [1.165, 1.54) is 13.2 Å². The van der Waals surface area contributed by atoms with Crippen molar-refractivity contribution in [1.82, 2.24) is 0 Å². The van der Waals surface area contributed by atoms with Crippen LogP contribution in [0, 0.1) is 0 Å². The predicted molar refractivity (Wildman–Crippen MR) is 79.3 cm³/mol. The minimum absolute atomic E-state index is 0.130. The topological polar surface area (TPSA) is 63.2 Å². The first-order valence-electron chi connectivity index (χ1n) is 6.04. The maximum Gasteiger partial charge on any atom is 0.221 e. The third-order valence-corrected chi connectivity index (χ3v) is 3.93. The monoisotopic (exact) mass is 289 g/mol. The van der Waals surface area contributed by atoms with Gasteiger partial charge in [-0.15, -0.1) is 0 Å². The fraction of sp³-hybridized carbons (Fsp3) is 0.133. The van der Waals surface area contributed by atoms with E-state index in [4.69, 9.17) is 0 Å². The SMILES string of the molecule is CC(=O)Nc1cccc(-c2ccc(S(C)(=O)=O)cc2)c1. The van der Waals surface area contributed by atoms with Gasteiger partial charge in [0.1, 0.15) is 0 Å². The second-order valence-electron chi connectivity index (χ2n) is 4.56. The molecule has 0 aromatic heterocycles. The van der Waals surface area contributed by atoms with Crippen molar-refractivity contribution in [2.45, 2.75) is 11.8 Å². The number of carbonyl (C=O) groups is 1. The zero-order chi connectivity index (χ0) is 14.8. The molecule has 0 atom stereocenters. The van der Waals surface area contributed by atoms with Crippen LogP contribution in [0.1, 0.15) is 6.92 Å². The van der Waals surface area contributed by atoms with Gasteiger partial charge in [-0.25, -0.2) is 8.42 Å². The Hall–Kier alpha value is -2.14. The van der Waals surface area contributed by atoms with Gasteiger partial charge in [0.25, 0.3) is 0 Å². The van der Waals surface area contributed by atoms with Crippen LogP contribution in [0.5, 0.6) is 0 Å². The highest BCUT2D eigenvalue weighted by Gasteiger charge is 2.07. The van der Waals surface area contributed by atoms with Crippen LogP contribution in [-0.2, 0) is 14.6 Å². The van der Waals surface area contributed by atoms with Gasteiger partial charge in [-0.3, -0.25) is 4.79 Å². The molecule has 0 aliphatic rings. The van der Waals surface area contributed by atoms with Gasteiger partial charge in [-0.1, -0.05) is 24.3 Å². The molecule has 2 rings (SSSR count). The summed E-state index contributed by atoms with van der Waals surface area (Å²) in [6, 6.07) is 14.1. The summed E-state index contributed by atoms with van der Waals surface area (Å²) in [6.07, 6.45) is 1.18. The molecule has 0 saturated heterocycles. The van der Waals surface area contributed by atoms with Crippen LogP contribution >= 0.6 is 0 Å². The lowest BCUT2D eigenvalue weighted by molar-refractivity contribution is -0.114. The summed E-state index contributed by atoms with van der Waals surface area (Å²) < 4.78 is 22.8. The minimum Gasteiger partial charge on any atom is -0.326 e. The van der Waals surface area contributed by atoms with E-state index in [9.17, 15) is 13.2 Å². The Kier molecular flexibility index (Phi) is 3.90. The maximum absolute atomic E-state index is 11.4. The Labute approximate surface area is 118 Å². The van der Waals surface area contributed by atoms with Gasteiger partial charge in [-0.2, -0.15) is 0 Å². The van der Waals surface area contributed by atoms with E-state index in [0.717, 1.165) is 11.1 Å². The van der Waals surface area contributed by atoms with E-state index in [0.29, 0.717) is 10.6 Å². The largest absolute Gasteiger partial charge is 0.326 e. The fourth-order valence-electron chi connectivity index (χ4n) is 1.87. The van der Waals surface area contributed by atoms with Crippen molar-refractivity contribution in [1.29, 1.82) is 0 Å². The summed E-state index contributed by atoms with van der Waals surface area (Å²) in [7, 11) is -3.18. The van der Waals surface area contributed by atoms with Crippen molar-refractivity contribution in [2.24, 2.45) is 0 Å². The molecule has 0 spiro atoms. The van der Waals surface area contributed by atoms with Gasteiger partial charge in [0.2, 0.25) is 5.91 Å². The number of sulfone groups is 1. The van der Waals surface area contributed by atoms with Crippen molar-refractivity contribution in [3.8, 4) is 11.1 Å². The molecule has 0 bridgehead atoms. The summed E-state index contributed by atoms with van der Waals surface area (Å²) in [5, 5.41) is 2.72. The molecule has 5 heteroatoms. The second-order valence-corrected chi connectivity index (χ2v) is 6.57. The van der Waals surface area contributed by atoms with E-state index in [1.807, 2.05) is 18.2 Å². The maximum atomic E-state index is 11.4. The van der Waals surface area contributed by atoms with Crippen molar-refractivity contribution >= 4 is 21.4 Å². The summed E-state index contributed by atoms with van der Waals surface area (Å²) in [6.45, 7) is 1.45. The third-order valence-electron chi connectivity index (χ3n) is 2.80. The lowest BCUT2D eigenvalue weighted by Gasteiger charge is -2.07. The molecule has 0 unspecified atom stereocenters. The van der Waals surface area contributed by atoms with Gasteiger partial charge in [-0.05, 0) is 35.4 Å². The molecule has 104 valence electrons. The molecule has 1 amide bonds. The first-order valence-corrected chi connectivity index (χ1v) is 7.93. The number of amides is 1. The summed E-state index contributed by atoms with van der Waals surface area (Å²) in [5.74, 6) is -0.130. The molecule has 2 aromatic carbocycles. The quantitative estimate of drug-likeness (QED) is 0.945. The standard InChI is InChI=1S/C15H15NO3S/c1-11(17)16-14-5-3-4-13(10-14)12-6-8-15(9-7-12)20(2,18)19/h3-10H,1-2H3,(H,16,17). The van der Waals surface area contributed by atoms with Gasteiger partial charge < -0.3 is 5.32 Å². The number of rotatable bonds is 3. The van der Waals surface area contributed by atoms with Crippen LogP contribution in [-0.4, -0.2) is 20.6 Å². The summed E-state index contributed by atoms with van der Waals surface area (Å²) in [5.41, 5.74) is 2.52. The van der Waals surface area contributed by atoms with Crippen molar-refractivity contribution < 1.29 is 13.2 Å². The van der Waals surface area contributed by atoms with Crippen LogP contribution in [0.3, 0.4) is 0 Å².